The molecule has 6 nitrogen and oxygen atoms in total. The van der Waals surface area contributed by atoms with Gasteiger partial charge < -0.3 is 15.0 Å². The van der Waals surface area contributed by atoms with Crippen molar-refractivity contribution < 1.29 is 9.53 Å². The molecule has 1 unspecified atom stereocenters. The normalized spacial score (nSPS) is 19.7. The van der Waals surface area contributed by atoms with E-state index in [0.29, 0.717) is 13.2 Å². The summed E-state index contributed by atoms with van der Waals surface area (Å²) in [4.78, 5) is 22.5. The highest BCUT2D eigenvalue weighted by Gasteiger charge is 2.31. The van der Waals surface area contributed by atoms with Crippen molar-refractivity contribution in [2.75, 3.05) is 31.1 Å². The highest BCUT2D eigenvalue weighted by Crippen LogP contribution is 2.18. The zero-order valence-corrected chi connectivity index (χ0v) is 10.7. The number of anilines is 1. The topological polar surface area (TPSA) is 67.3 Å². The summed E-state index contributed by atoms with van der Waals surface area (Å²) >= 11 is 0. The predicted octanol–water partition coefficient (Wildman–Crippen LogP) is 0.126. The molecule has 1 aromatic heterocycles. The predicted molar refractivity (Wildman–Crippen MR) is 67.4 cm³/mol. The van der Waals surface area contributed by atoms with Gasteiger partial charge in [0.2, 0.25) is 0 Å². The molecule has 6 heteroatoms. The number of piperazine rings is 1. The molecule has 1 aromatic rings. The molecule has 0 radical (unpaired) electrons. The third kappa shape index (κ3) is 2.59. The zero-order valence-electron chi connectivity index (χ0n) is 10.7. The first-order valence-corrected chi connectivity index (χ1v) is 6.15. The van der Waals surface area contributed by atoms with Crippen molar-refractivity contribution in [2.24, 2.45) is 0 Å². The molecule has 2 rings (SSSR count). The van der Waals surface area contributed by atoms with Crippen LogP contribution < -0.4 is 10.2 Å². The molecule has 0 aromatic carbocycles. The van der Waals surface area contributed by atoms with E-state index in [1.165, 1.54) is 0 Å². The number of nitrogens with zero attached hydrogens (tertiary/aromatic N) is 3. The average molecular weight is 250 g/mol. The van der Waals surface area contributed by atoms with Gasteiger partial charge in [0.15, 0.2) is 5.82 Å². The van der Waals surface area contributed by atoms with Gasteiger partial charge in [-0.3, -0.25) is 4.98 Å². The second-order valence-corrected chi connectivity index (χ2v) is 4.13. The summed E-state index contributed by atoms with van der Waals surface area (Å²) in [6.07, 6.45) is 3.30. The Hall–Kier alpha value is -1.69. The highest BCUT2D eigenvalue weighted by molar-refractivity contribution is 5.80. The Morgan fingerprint density at radius 2 is 2.33 bits per heavy atom. The van der Waals surface area contributed by atoms with Crippen LogP contribution in [-0.2, 0) is 9.53 Å². The van der Waals surface area contributed by atoms with Crippen molar-refractivity contribution in [3.05, 3.63) is 18.1 Å². The van der Waals surface area contributed by atoms with Crippen molar-refractivity contribution in [2.45, 2.75) is 19.9 Å². The molecular weight excluding hydrogens is 232 g/mol. The molecule has 0 spiro atoms. The second kappa shape index (κ2) is 5.77. The minimum atomic E-state index is -0.325. The van der Waals surface area contributed by atoms with Gasteiger partial charge in [-0.2, -0.15) is 0 Å². The summed E-state index contributed by atoms with van der Waals surface area (Å²) in [5.41, 5.74) is 0.827. The smallest absolute Gasteiger partial charge is 0.330 e. The van der Waals surface area contributed by atoms with E-state index in [9.17, 15) is 4.79 Å². The number of carbonyl (C=O) groups is 1. The van der Waals surface area contributed by atoms with Crippen LogP contribution in [0.4, 0.5) is 5.82 Å². The van der Waals surface area contributed by atoms with E-state index in [1.807, 2.05) is 18.7 Å². The van der Waals surface area contributed by atoms with Crippen LogP contribution in [0.2, 0.25) is 0 Å². The molecule has 1 atom stereocenters. The Morgan fingerprint density at radius 3 is 3.06 bits per heavy atom. The Kier molecular flexibility index (Phi) is 4.09. The van der Waals surface area contributed by atoms with E-state index in [2.05, 4.69) is 15.3 Å². The van der Waals surface area contributed by atoms with Gasteiger partial charge >= 0.3 is 5.97 Å². The quantitative estimate of drug-likeness (QED) is 0.769. The standard InChI is InChI=1S/C12H18N4O2/c1-3-18-12(17)10-8-13-6-7-16(10)11-9(2)14-4-5-15-11/h4-5,10,13H,3,6-8H2,1-2H3. The molecule has 0 aliphatic carbocycles. The Labute approximate surface area is 106 Å². The summed E-state index contributed by atoms with van der Waals surface area (Å²) in [6.45, 7) is 6.23. The van der Waals surface area contributed by atoms with Crippen LogP contribution in [0.25, 0.3) is 0 Å². The van der Waals surface area contributed by atoms with Crippen LogP contribution >= 0.6 is 0 Å². The third-order valence-corrected chi connectivity index (χ3v) is 2.93. The maximum absolute atomic E-state index is 11.9. The van der Waals surface area contributed by atoms with Gasteiger partial charge in [0, 0.05) is 32.0 Å². The molecule has 1 aliphatic rings. The first-order valence-electron chi connectivity index (χ1n) is 6.15. The maximum Gasteiger partial charge on any atom is 0.330 e. The molecule has 98 valence electrons. The number of rotatable bonds is 3. The summed E-state index contributed by atoms with van der Waals surface area (Å²) < 4.78 is 5.10. The average Bonchev–Trinajstić information content (AvgIpc) is 2.40. The minimum Gasteiger partial charge on any atom is -0.464 e. The number of hydrogen-bond acceptors (Lipinski definition) is 6. The van der Waals surface area contributed by atoms with Crippen LogP contribution in [0.15, 0.2) is 12.4 Å². The van der Waals surface area contributed by atoms with Gasteiger partial charge in [-0.25, -0.2) is 9.78 Å². The van der Waals surface area contributed by atoms with Crippen molar-refractivity contribution in [1.29, 1.82) is 0 Å². The van der Waals surface area contributed by atoms with Gasteiger partial charge in [0.1, 0.15) is 6.04 Å². The van der Waals surface area contributed by atoms with E-state index < -0.39 is 0 Å². The number of ether oxygens (including phenoxy) is 1. The number of aryl methyl sites for hydroxylation is 1. The van der Waals surface area contributed by atoms with Gasteiger partial charge in [-0.05, 0) is 13.8 Å². The van der Waals surface area contributed by atoms with Gasteiger partial charge in [-0.15, -0.1) is 0 Å². The fraction of sp³-hybridized carbons (Fsp3) is 0.583. The van der Waals surface area contributed by atoms with E-state index in [1.54, 1.807) is 12.4 Å². The molecule has 1 aliphatic heterocycles. The largest absolute Gasteiger partial charge is 0.464 e. The minimum absolute atomic E-state index is 0.213. The number of nitrogens with one attached hydrogen (secondary N) is 1. The summed E-state index contributed by atoms with van der Waals surface area (Å²) in [7, 11) is 0. The lowest BCUT2D eigenvalue weighted by Crippen LogP contribution is -2.56. The molecule has 0 saturated carbocycles. The summed E-state index contributed by atoms with van der Waals surface area (Å²) in [6, 6.07) is -0.325. The Bertz CT molecular complexity index is 424. The lowest BCUT2D eigenvalue weighted by molar-refractivity contribution is -0.144. The van der Waals surface area contributed by atoms with Crippen molar-refractivity contribution in [3.63, 3.8) is 0 Å². The van der Waals surface area contributed by atoms with Crippen molar-refractivity contribution >= 4 is 11.8 Å². The maximum atomic E-state index is 11.9. The number of hydrogen-bond donors (Lipinski definition) is 1. The first kappa shape index (κ1) is 12.8. The second-order valence-electron chi connectivity index (χ2n) is 4.13. The number of carbonyl (C=O) groups excluding carboxylic acids is 1. The van der Waals surface area contributed by atoms with Crippen LogP contribution in [0.5, 0.6) is 0 Å². The molecule has 1 N–H and O–H groups in total. The van der Waals surface area contributed by atoms with Crippen LogP contribution in [0.1, 0.15) is 12.6 Å². The Balaban J connectivity index is 2.23. The summed E-state index contributed by atoms with van der Waals surface area (Å²) in [5, 5.41) is 3.20. The third-order valence-electron chi connectivity index (χ3n) is 2.93. The number of aromatic nitrogens is 2. The molecular formula is C12H18N4O2. The van der Waals surface area contributed by atoms with Crippen LogP contribution in [0.3, 0.4) is 0 Å². The van der Waals surface area contributed by atoms with Crippen molar-refractivity contribution in [3.8, 4) is 0 Å². The molecule has 0 amide bonds. The number of esters is 1. The van der Waals surface area contributed by atoms with Crippen LogP contribution in [-0.4, -0.2) is 48.2 Å². The monoisotopic (exact) mass is 250 g/mol. The van der Waals surface area contributed by atoms with E-state index in [4.69, 9.17) is 4.74 Å². The Morgan fingerprint density at radius 1 is 1.56 bits per heavy atom. The molecule has 1 fully saturated rings. The zero-order chi connectivity index (χ0) is 13.0. The molecule has 2 heterocycles. The van der Waals surface area contributed by atoms with Crippen LogP contribution in [0, 0.1) is 6.92 Å². The fourth-order valence-electron chi connectivity index (χ4n) is 2.09. The van der Waals surface area contributed by atoms with Gasteiger partial charge in [0.05, 0.1) is 12.3 Å². The van der Waals surface area contributed by atoms with Gasteiger partial charge in [-0.1, -0.05) is 0 Å². The van der Waals surface area contributed by atoms with E-state index >= 15 is 0 Å². The molecule has 18 heavy (non-hydrogen) atoms. The lowest BCUT2D eigenvalue weighted by atomic mass is 10.2. The van der Waals surface area contributed by atoms with E-state index in [-0.39, 0.29) is 12.0 Å². The highest BCUT2D eigenvalue weighted by atomic mass is 16.5. The van der Waals surface area contributed by atoms with Crippen molar-refractivity contribution in [1.82, 2.24) is 15.3 Å². The summed E-state index contributed by atoms with van der Waals surface area (Å²) in [5.74, 6) is 0.548. The molecule has 0 bridgehead atoms. The van der Waals surface area contributed by atoms with E-state index in [0.717, 1.165) is 24.6 Å². The van der Waals surface area contributed by atoms with Gasteiger partial charge in [0.25, 0.3) is 0 Å². The molecule has 1 saturated heterocycles. The lowest BCUT2D eigenvalue weighted by Gasteiger charge is -2.35. The fourth-order valence-corrected chi connectivity index (χ4v) is 2.09. The SMILES string of the molecule is CCOC(=O)C1CNCCN1c1nccnc1C. The first-order chi connectivity index (χ1) is 8.74.